The van der Waals surface area contributed by atoms with Gasteiger partial charge in [-0.1, -0.05) is 44.4 Å². The summed E-state index contributed by atoms with van der Waals surface area (Å²) >= 11 is 4.95. The Balaban J connectivity index is 0.00000324. The van der Waals surface area contributed by atoms with E-state index in [1.807, 2.05) is 18.2 Å². The first-order valence-corrected chi connectivity index (χ1v) is 6.68. The van der Waals surface area contributed by atoms with Crippen LogP contribution < -0.4 is 5.32 Å². The Labute approximate surface area is 115 Å². The number of benzene rings is 1. The molecule has 0 aliphatic rings. The average molecular weight is 267 g/mol. The number of unbranched alkanes of at least 4 members (excludes halogenated alkanes) is 3. The van der Waals surface area contributed by atoms with Crippen molar-refractivity contribution in [1.82, 2.24) is 5.32 Å². The quantitative estimate of drug-likeness (QED) is 0.633. The second kappa shape index (κ2) is 8.64. The second-order valence-electron chi connectivity index (χ2n) is 4.02. The summed E-state index contributed by atoms with van der Waals surface area (Å²) in [5.41, 5.74) is 0.578. The lowest BCUT2D eigenvalue weighted by molar-refractivity contribution is 0.0967. The molecule has 0 fully saturated rings. The topological polar surface area (TPSA) is 38.3 Å². The van der Waals surface area contributed by atoms with E-state index in [-0.39, 0.29) is 12.5 Å². The van der Waals surface area contributed by atoms with E-state index >= 15 is 0 Å². The van der Waals surface area contributed by atoms with Crippen LogP contribution in [-0.2, 0) is 4.74 Å². The molecule has 0 spiro atoms. The molecule has 1 aromatic rings. The van der Waals surface area contributed by atoms with Crippen LogP contribution in [0.2, 0.25) is 0 Å². The molecule has 0 saturated carbocycles. The molecule has 0 saturated heterocycles. The Bertz CT molecular complexity index is 384. The Kier molecular flexibility index (Phi) is 7.03. The van der Waals surface area contributed by atoms with Crippen molar-refractivity contribution in [3.8, 4) is 0 Å². The van der Waals surface area contributed by atoms with Gasteiger partial charge in [0.1, 0.15) is 0 Å². The van der Waals surface area contributed by atoms with Gasteiger partial charge in [-0.3, -0.25) is 10.1 Å². The third-order valence-corrected chi connectivity index (χ3v) is 2.70. The summed E-state index contributed by atoms with van der Waals surface area (Å²) in [6, 6.07) is 8.95. The van der Waals surface area contributed by atoms with Crippen molar-refractivity contribution < 1.29 is 11.0 Å². The minimum atomic E-state index is -0.228. The molecule has 1 rings (SSSR count). The van der Waals surface area contributed by atoms with Crippen LogP contribution in [0.15, 0.2) is 30.3 Å². The molecule has 1 aromatic carbocycles. The molecule has 0 radical (unpaired) electrons. The fourth-order valence-electron chi connectivity index (χ4n) is 1.48. The van der Waals surface area contributed by atoms with Gasteiger partial charge in [0.25, 0.3) is 11.1 Å². The average Bonchev–Trinajstić information content (AvgIpc) is 2.39. The number of hydrogen-bond donors (Lipinski definition) is 1. The summed E-state index contributed by atoms with van der Waals surface area (Å²) in [6.45, 7) is 2.72. The van der Waals surface area contributed by atoms with Gasteiger partial charge < -0.3 is 4.74 Å². The number of hydrogen-bond acceptors (Lipinski definition) is 3. The maximum absolute atomic E-state index is 11.7. The van der Waals surface area contributed by atoms with Gasteiger partial charge >= 0.3 is 0 Å². The van der Waals surface area contributed by atoms with Crippen LogP contribution in [0.5, 0.6) is 0 Å². The summed E-state index contributed by atoms with van der Waals surface area (Å²) in [4.78, 5) is 11.7. The van der Waals surface area contributed by atoms with E-state index in [4.69, 9.17) is 17.0 Å². The van der Waals surface area contributed by atoms with Crippen molar-refractivity contribution in [2.45, 2.75) is 32.6 Å². The number of carbonyl (C=O) groups excluding carboxylic acids is 1. The van der Waals surface area contributed by atoms with Crippen molar-refractivity contribution in [3.05, 3.63) is 35.9 Å². The predicted octanol–water partition coefficient (Wildman–Crippen LogP) is 3.54. The minimum absolute atomic E-state index is 0. The molecule has 0 aromatic heterocycles. The summed E-state index contributed by atoms with van der Waals surface area (Å²) in [5, 5.41) is 2.71. The molecule has 0 bridgehead atoms. The van der Waals surface area contributed by atoms with Gasteiger partial charge in [0.15, 0.2) is 0 Å². The molecule has 1 N–H and O–H groups in total. The lowest BCUT2D eigenvalue weighted by Crippen LogP contribution is -2.31. The molecule has 18 heavy (non-hydrogen) atoms. The molecule has 0 aliphatic heterocycles. The van der Waals surface area contributed by atoms with Gasteiger partial charge in [-0.05, 0) is 30.8 Å². The molecule has 0 heterocycles. The fourth-order valence-corrected chi connectivity index (χ4v) is 1.66. The van der Waals surface area contributed by atoms with E-state index in [0.29, 0.717) is 12.2 Å². The van der Waals surface area contributed by atoms with E-state index in [1.165, 1.54) is 12.8 Å². The van der Waals surface area contributed by atoms with Gasteiger partial charge in [-0.15, -0.1) is 0 Å². The van der Waals surface area contributed by atoms with Gasteiger partial charge in [0.2, 0.25) is 0 Å². The van der Waals surface area contributed by atoms with Crippen molar-refractivity contribution in [3.63, 3.8) is 0 Å². The third-order valence-electron chi connectivity index (χ3n) is 2.48. The zero-order valence-corrected chi connectivity index (χ0v) is 11.5. The van der Waals surface area contributed by atoms with E-state index in [0.717, 1.165) is 12.8 Å². The Morgan fingerprint density at radius 1 is 1.28 bits per heavy atom. The fraction of sp³-hybridized carbons (Fsp3) is 0.429. The number of carbonyl (C=O) groups is 1. The van der Waals surface area contributed by atoms with Crippen LogP contribution in [0.3, 0.4) is 0 Å². The zero-order valence-electron chi connectivity index (χ0n) is 10.6. The molecule has 3 nitrogen and oxygen atoms in total. The first-order chi connectivity index (χ1) is 8.74. The maximum atomic E-state index is 11.7. The molecule has 0 atom stereocenters. The summed E-state index contributed by atoms with van der Waals surface area (Å²) in [5.74, 6) is -0.228. The van der Waals surface area contributed by atoms with Crippen molar-refractivity contribution in [2.24, 2.45) is 0 Å². The SMILES string of the molecule is CCCCCCOC(=S)NC(=O)c1ccccc1.[HH]. The smallest absolute Gasteiger partial charge is 0.263 e. The van der Waals surface area contributed by atoms with E-state index < -0.39 is 0 Å². The molecule has 1 amide bonds. The summed E-state index contributed by atoms with van der Waals surface area (Å²) in [7, 11) is 0. The van der Waals surface area contributed by atoms with Crippen LogP contribution in [0.4, 0.5) is 0 Å². The van der Waals surface area contributed by atoms with Gasteiger partial charge in [0.05, 0.1) is 6.61 Å². The van der Waals surface area contributed by atoms with Crippen LogP contribution in [0.25, 0.3) is 0 Å². The van der Waals surface area contributed by atoms with E-state index in [9.17, 15) is 4.79 Å². The zero-order chi connectivity index (χ0) is 13.2. The molecular formula is C14H21NO2S. The van der Waals surface area contributed by atoms with Gasteiger partial charge in [0, 0.05) is 6.99 Å². The first-order valence-electron chi connectivity index (χ1n) is 6.27. The molecular weight excluding hydrogens is 246 g/mol. The third kappa shape index (κ3) is 5.77. The number of ether oxygens (including phenoxy) is 1. The summed E-state index contributed by atoms with van der Waals surface area (Å²) in [6.07, 6.45) is 4.49. The number of thiocarbonyl (C=S) groups is 1. The normalized spacial score (nSPS) is 9.83. The van der Waals surface area contributed by atoms with Crippen molar-refractivity contribution >= 4 is 23.3 Å². The number of rotatable bonds is 6. The lowest BCUT2D eigenvalue weighted by atomic mass is 10.2. The Morgan fingerprint density at radius 2 is 2.00 bits per heavy atom. The lowest BCUT2D eigenvalue weighted by Gasteiger charge is -2.08. The highest BCUT2D eigenvalue weighted by Gasteiger charge is 2.07. The standard InChI is InChI=1S/C14H19NO2S.H2/c1-2-3-4-8-11-17-14(18)15-13(16)12-9-6-5-7-10-12;/h5-7,9-10H,2-4,8,11H2,1H3,(H,15,16,18);1H. The highest BCUT2D eigenvalue weighted by molar-refractivity contribution is 7.80. The molecule has 4 heteroatoms. The van der Waals surface area contributed by atoms with Gasteiger partial charge in [-0.25, -0.2) is 0 Å². The first kappa shape index (κ1) is 14.6. The Hall–Kier alpha value is -1.42. The van der Waals surface area contributed by atoms with Crippen molar-refractivity contribution in [2.75, 3.05) is 6.61 Å². The van der Waals surface area contributed by atoms with Crippen molar-refractivity contribution in [1.29, 1.82) is 0 Å². The number of nitrogens with one attached hydrogen (secondary N) is 1. The van der Waals surface area contributed by atoms with Crippen LogP contribution >= 0.6 is 12.2 Å². The highest BCUT2D eigenvalue weighted by atomic mass is 32.1. The van der Waals surface area contributed by atoms with Crippen LogP contribution in [-0.4, -0.2) is 17.7 Å². The Morgan fingerprint density at radius 3 is 2.67 bits per heavy atom. The molecule has 0 aliphatic carbocycles. The van der Waals surface area contributed by atoms with Crippen LogP contribution in [0.1, 0.15) is 44.4 Å². The summed E-state index contributed by atoms with van der Waals surface area (Å²) < 4.78 is 5.28. The largest absolute Gasteiger partial charge is 0.471 e. The highest BCUT2D eigenvalue weighted by Crippen LogP contribution is 2.00. The van der Waals surface area contributed by atoms with Crippen LogP contribution in [0, 0.1) is 0 Å². The minimum Gasteiger partial charge on any atom is -0.471 e. The van der Waals surface area contributed by atoms with E-state index in [1.54, 1.807) is 12.1 Å². The number of amides is 1. The maximum Gasteiger partial charge on any atom is 0.263 e. The van der Waals surface area contributed by atoms with Gasteiger partial charge in [-0.2, -0.15) is 0 Å². The molecule has 100 valence electrons. The monoisotopic (exact) mass is 267 g/mol. The molecule has 0 unspecified atom stereocenters. The second-order valence-corrected chi connectivity index (χ2v) is 4.39. The van der Waals surface area contributed by atoms with E-state index in [2.05, 4.69) is 12.2 Å². The predicted molar refractivity (Wildman–Crippen MR) is 78.7 cm³/mol.